The van der Waals surface area contributed by atoms with Crippen LogP contribution in [-0.2, 0) is 12.8 Å². The van der Waals surface area contributed by atoms with Gasteiger partial charge in [0.05, 0.1) is 6.20 Å². The highest BCUT2D eigenvalue weighted by Gasteiger charge is 2.18. The second-order valence-electron chi connectivity index (χ2n) is 4.92. The molecule has 5 heteroatoms. The summed E-state index contributed by atoms with van der Waals surface area (Å²) < 4.78 is 13.0. The number of fused-ring (bicyclic) bond motifs is 1. The van der Waals surface area contributed by atoms with Crippen LogP contribution in [0, 0.1) is 5.82 Å². The number of nitrogens with one attached hydrogen (secondary N) is 1. The molecule has 0 spiro atoms. The van der Waals surface area contributed by atoms with Gasteiger partial charge in [0.1, 0.15) is 17.3 Å². The minimum absolute atomic E-state index is 0.349. The molecule has 0 atom stereocenters. The molecule has 0 radical (unpaired) electrons. The maximum atomic E-state index is 13.0. The van der Waals surface area contributed by atoms with E-state index in [1.807, 2.05) is 6.92 Å². The first-order valence-corrected chi connectivity index (χ1v) is 7.03. The molecule has 0 aromatic carbocycles. The molecule has 0 saturated carbocycles. The van der Waals surface area contributed by atoms with Crippen LogP contribution >= 0.6 is 0 Å². The molecule has 20 heavy (non-hydrogen) atoms. The maximum absolute atomic E-state index is 13.0. The lowest BCUT2D eigenvalue weighted by atomic mass is 9.96. The zero-order valence-electron chi connectivity index (χ0n) is 11.5. The number of hydrogen-bond acceptors (Lipinski definition) is 4. The molecular weight excluding hydrogens is 255 g/mol. The van der Waals surface area contributed by atoms with Crippen LogP contribution in [0.5, 0.6) is 0 Å². The lowest BCUT2D eigenvalue weighted by Crippen LogP contribution is -2.13. The number of pyridine rings is 1. The quantitative estimate of drug-likeness (QED) is 0.933. The van der Waals surface area contributed by atoms with Gasteiger partial charge in [-0.3, -0.25) is 0 Å². The van der Waals surface area contributed by atoms with Gasteiger partial charge in [-0.15, -0.1) is 0 Å². The predicted molar refractivity (Wildman–Crippen MR) is 76.0 cm³/mol. The smallest absolute Gasteiger partial charge is 0.180 e. The van der Waals surface area contributed by atoms with E-state index < -0.39 is 0 Å². The third kappa shape index (κ3) is 2.48. The Morgan fingerprint density at radius 2 is 2.05 bits per heavy atom. The molecule has 2 aromatic rings. The fraction of sp³-hybridized carbons (Fsp3) is 0.400. The monoisotopic (exact) mass is 272 g/mol. The van der Waals surface area contributed by atoms with Crippen LogP contribution < -0.4 is 5.32 Å². The van der Waals surface area contributed by atoms with Gasteiger partial charge in [-0.05, 0) is 44.7 Å². The Balaban J connectivity index is 2.07. The van der Waals surface area contributed by atoms with E-state index in [-0.39, 0.29) is 5.82 Å². The number of hydrogen-bond donors (Lipinski definition) is 1. The molecule has 0 bridgehead atoms. The maximum Gasteiger partial charge on any atom is 0.180 e. The van der Waals surface area contributed by atoms with Crippen LogP contribution in [0.25, 0.3) is 11.5 Å². The molecule has 104 valence electrons. The highest BCUT2D eigenvalue weighted by molar-refractivity contribution is 5.57. The average Bonchev–Trinajstić information content (AvgIpc) is 2.48. The standard InChI is InChI=1S/C15H17FN4/c1-2-17-14-11-5-3-4-6-12(11)19-15(20-14)13-8-7-10(16)9-18-13/h7-9H,2-6H2,1H3,(H,17,19,20). The summed E-state index contributed by atoms with van der Waals surface area (Å²) in [5.74, 6) is 1.12. The van der Waals surface area contributed by atoms with Crippen LogP contribution in [0.3, 0.4) is 0 Å². The minimum Gasteiger partial charge on any atom is -0.370 e. The number of halogens is 1. The number of rotatable bonds is 3. The Morgan fingerprint density at radius 3 is 2.80 bits per heavy atom. The van der Waals surface area contributed by atoms with Crippen molar-refractivity contribution in [2.24, 2.45) is 0 Å². The number of nitrogens with zero attached hydrogens (tertiary/aromatic N) is 3. The van der Waals surface area contributed by atoms with Crippen molar-refractivity contribution >= 4 is 5.82 Å². The summed E-state index contributed by atoms with van der Waals surface area (Å²) in [6, 6.07) is 3.01. The molecule has 3 rings (SSSR count). The molecule has 0 amide bonds. The Labute approximate surface area is 117 Å². The average molecular weight is 272 g/mol. The molecular formula is C15H17FN4. The van der Waals surface area contributed by atoms with Crippen molar-refractivity contribution in [1.29, 1.82) is 0 Å². The SMILES string of the molecule is CCNc1nc(-c2ccc(F)cn2)nc2c1CCCC2. The third-order valence-corrected chi connectivity index (χ3v) is 3.48. The van der Waals surface area contributed by atoms with Crippen molar-refractivity contribution in [3.05, 3.63) is 35.4 Å². The summed E-state index contributed by atoms with van der Waals surface area (Å²) in [5.41, 5.74) is 2.94. The zero-order valence-corrected chi connectivity index (χ0v) is 11.5. The van der Waals surface area contributed by atoms with Crippen LogP contribution in [0.2, 0.25) is 0 Å². The van der Waals surface area contributed by atoms with Crippen LogP contribution in [0.15, 0.2) is 18.3 Å². The van der Waals surface area contributed by atoms with Crippen molar-refractivity contribution in [3.8, 4) is 11.5 Å². The fourth-order valence-corrected chi connectivity index (χ4v) is 2.53. The molecule has 4 nitrogen and oxygen atoms in total. The van der Waals surface area contributed by atoms with E-state index in [2.05, 4.69) is 20.3 Å². The predicted octanol–water partition coefficient (Wildman–Crippen LogP) is 2.99. The summed E-state index contributed by atoms with van der Waals surface area (Å²) in [6.45, 7) is 2.87. The van der Waals surface area contributed by atoms with Gasteiger partial charge in [0, 0.05) is 17.8 Å². The summed E-state index contributed by atoms with van der Waals surface area (Å²) in [4.78, 5) is 13.3. The van der Waals surface area contributed by atoms with Crippen LogP contribution in [0.4, 0.5) is 10.2 Å². The van der Waals surface area contributed by atoms with E-state index in [4.69, 9.17) is 0 Å². The second-order valence-corrected chi connectivity index (χ2v) is 4.92. The fourth-order valence-electron chi connectivity index (χ4n) is 2.53. The second kappa shape index (κ2) is 5.53. The Bertz CT molecular complexity index is 610. The highest BCUT2D eigenvalue weighted by Crippen LogP contribution is 2.27. The third-order valence-electron chi connectivity index (χ3n) is 3.48. The first-order chi connectivity index (χ1) is 9.78. The van der Waals surface area contributed by atoms with Gasteiger partial charge in [-0.25, -0.2) is 19.3 Å². The van der Waals surface area contributed by atoms with Gasteiger partial charge in [0.2, 0.25) is 0 Å². The van der Waals surface area contributed by atoms with E-state index in [9.17, 15) is 4.39 Å². The van der Waals surface area contributed by atoms with Crippen molar-refractivity contribution in [3.63, 3.8) is 0 Å². The molecule has 0 saturated heterocycles. The first-order valence-electron chi connectivity index (χ1n) is 7.03. The molecule has 0 aliphatic heterocycles. The number of aryl methyl sites for hydroxylation is 1. The Kier molecular flexibility index (Phi) is 3.58. The lowest BCUT2D eigenvalue weighted by Gasteiger charge is -2.19. The van der Waals surface area contributed by atoms with E-state index in [1.54, 1.807) is 6.07 Å². The summed E-state index contributed by atoms with van der Waals surface area (Å²) in [7, 11) is 0. The van der Waals surface area contributed by atoms with Gasteiger partial charge in [0.15, 0.2) is 5.82 Å². The Morgan fingerprint density at radius 1 is 1.20 bits per heavy atom. The largest absolute Gasteiger partial charge is 0.370 e. The minimum atomic E-state index is -0.349. The molecule has 1 N–H and O–H groups in total. The van der Waals surface area contributed by atoms with Crippen molar-refractivity contribution in [1.82, 2.24) is 15.0 Å². The van der Waals surface area contributed by atoms with E-state index >= 15 is 0 Å². The number of aromatic nitrogens is 3. The zero-order chi connectivity index (χ0) is 13.9. The van der Waals surface area contributed by atoms with Gasteiger partial charge in [0.25, 0.3) is 0 Å². The molecule has 2 heterocycles. The van der Waals surface area contributed by atoms with Crippen molar-refractivity contribution < 1.29 is 4.39 Å². The molecule has 0 fully saturated rings. The molecule has 0 unspecified atom stereocenters. The lowest BCUT2D eigenvalue weighted by molar-refractivity contribution is 0.621. The molecule has 2 aromatic heterocycles. The van der Waals surface area contributed by atoms with E-state index in [1.165, 1.54) is 24.2 Å². The topological polar surface area (TPSA) is 50.7 Å². The van der Waals surface area contributed by atoms with Crippen LogP contribution in [0.1, 0.15) is 31.0 Å². The normalized spacial score (nSPS) is 13.9. The van der Waals surface area contributed by atoms with Gasteiger partial charge in [-0.2, -0.15) is 0 Å². The van der Waals surface area contributed by atoms with Crippen molar-refractivity contribution in [2.75, 3.05) is 11.9 Å². The van der Waals surface area contributed by atoms with Gasteiger partial charge >= 0.3 is 0 Å². The van der Waals surface area contributed by atoms with E-state index in [0.717, 1.165) is 37.3 Å². The van der Waals surface area contributed by atoms with Crippen LogP contribution in [-0.4, -0.2) is 21.5 Å². The van der Waals surface area contributed by atoms with E-state index in [0.29, 0.717) is 11.5 Å². The van der Waals surface area contributed by atoms with Gasteiger partial charge < -0.3 is 5.32 Å². The highest BCUT2D eigenvalue weighted by atomic mass is 19.1. The van der Waals surface area contributed by atoms with Crippen molar-refractivity contribution in [2.45, 2.75) is 32.6 Å². The first kappa shape index (κ1) is 13.0. The molecule has 1 aliphatic carbocycles. The Hall–Kier alpha value is -2.04. The molecule has 1 aliphatic rings. The summed E-state index contributed by atoms with van der Waals surface area (Å²) in [5, 5.41) is 3.30. The summed E-state index contributed by atoms with van der Waals surface area (Å²) in [6.07, 6.45) is 5.54. The van der Waals surface area contributed by atoms with Gasteiger partial charge in [-0.1, -0.05) is 0 Å². The number of anilines is 1. The summed E-state index contributed by atoms with van der Waals surface area (Å²) >= 11 is 0.